The van der Waals surface area contributed by atoms with Gasteiger partial charge in [-0.3, -0.25) is 4.79 Å². The zero-order valence-electron chi connectivity index (χ0n) is 11.1. The number of unbranched alkanes of at least 4 members (excludes halogenated alkanes) is 2. The van der Waals surface area contributed by atoms with Gasteiger partial charge in [0.25, 0.3) is 0 Å². The SMILES string of the molecule is CCCCCC(CCC)(OC(=O)CC)C(=O)O. The normalized spacial score (nSPS) is 14.1. The molecule has 0 aromatic heterocycles. The van der Waals surface area contributed by atoms with E-state index < -0.39 is 17.5 Å². The van der Waals surface area contributed by atoms with Crippen LogP contribution in [0.25, 0.3) is 0 Å². The van der Waals surface area contributed by atoms with Crippen LogP contribution in [0.1, 0.15) is 65.7 Å². The van der Waals surface area contributed by atoms with Crippen molar-refractivity contribution in [2.24, 2.45) is 0 Å². The van der Waals surface area contributed by atoms with Crippen LogP contribution in [0.2, 0.25) is 0 Å². The van der Waals surface area contributed by atoms with Crippen molar-refractivity contribution in [2.45, 2.75) is 71.3 Å². The molecule has 0 aliphatic heterocycles. The van der Waals surface area contributed by atoms with Gasteiger partial charge in [-0.05, 0) is 19.3 Å². The van der Waals surface area contributed by atoms with Crippen molar-refractivity contribution in [2.75, 3.05) is 0 Å². The second-order valence-electron chi connectivity index (χ2n) is 4.33. The van der Waals surface area contributed by atoms with Crippen LogP contribution in [0.3, 0.4) is 0 Å². The molecule has 4 nitrogen and oxygen atoms in total. The lowest BCUT2D eigenvalue weighted by Crippen LogP contribution is -2.43. The van der Waals surface area contributed by atoms with Crippen molar-refractivity contribution < 1.29 is 19.4 Å². The smallest absolute Gasteiger partial charge is 0.348 e. The number of carbonyl (C=O) groups excluding carboxylic acids is 1. The Morgan fingerprint density at radius 2 is 1.71 bits per heavy atom. The van der Waals surface area contributed by atoms with Gasteiger partial charge in [-0.15, -0.1) is 0 Å². The first-order chi connectivity index (χ1) is 8.02. The number of carboxylic acids is 1. The molecule has 0 aromatic carbocycles. The molecule has 1 unspecified atom stereocenters. The quantitative estimate of drug-likeness (QED) is 0.500. The zero-order chi connectivity index (χ0) is 13.3. The van der Waals surface area contributed by atoms with Gasteiger partial charge < -0.3 is 9.84 Å². The van der Waals surface area contributed by atoms with Crippen molar-refractivity contribution in [3.05, 3.63) is 0 Å². The molecule has 0 saturated heterocycles. The van der Waals surface area contributed by atoms with Crippen molar-refractivity contribution >= 4 is 11.9 Å². The summed E-state index contributed by atoms with van der Waals surface area (Å²) in [7, 11) is 0. The van der Waals surface area contributed by atoms with E-state index in [0.29, 0.717) is 19.3 Å². The summed E-state index contributed by atoms with van der Waals surface area (Å²) in [5.74, 6) is -1.45. The number of hydrogen-bond acceptors (Lipinski definition) is 3. The minimum Gasteiger partial charge on any atom is -0.478 e. The molecule has 17 heavy (non-hydrogen) atoms. The van der Waals surface area contributed by atoms with Crippen LogP contribution in [-0.2, 0) is 14.3 Å². The third kappa shape index (κ3) is 5.20. The number of carbonyl (C=O) groups is 2. The van der Waals surface area contributed by atoms with E-state index in [1.165, 1.54) is 0 Å². The molecule has 0 radical (unpaired) electrons. The van der Waals surface area contributed by atoms with Crippen LogP contribution in [-0.4, -0.2) is 22.6 Å². The van der Waals surface area contributed by atoms with Crippen LogP contribution in [0.15, 0.2) is 0 Å². The van der Waals surface area contributed by atoms with Gasteiger partial charge in [-0.2, -0.15) is 0 Å². The van der Waals surface area contributed by atoms with Gasteiger partial charge in [0.2, 0.25) is 5.60 Å². The zero-order valence-corrected chi connectivity index (χ0v) is 11.1. The maximum absolute atomic E-state index is 11.4. The highest BCUT2D eigenvalue weighted by molar-refractivity contribution is 5.81. The summed E-state index contributed by atoms with van der Waals surface area (Å²) in [4.78, 5) is 22.7. The van der Waals surface area contributed by atoms with Crippen LogP contribution in [0.5, 0.6) is 0 Å². The van der Waals surface area contributed by atoms with E-state index in [4.69, 9.17) is 4.74 Å². The monoisotopic (exact) mass is 244 g/mol. The number of carboxylic acid groups (broad SMARTS) is 1. The summed E-state index contributed by atoms with van der Waals surface area (Å²) < 4.78 is 5.20. The highest BCUT2D eigenvalue weighted by Crippen LogP contribution is 2.26. The fraction of sp³-hybridized carbons (Fsp3) is 0.846. The minimum atomic E-state index is -1.31. The van der Waals surface area contributed by atoms with Crippen LogP contribution in [0, 0.1) is 0 Å². The molecular weight excluding hydrogens is 220 g/mol. The van der Waals surface area contributed by atoms with Crippen molar-refractivity contribution in [3.8, 4) is 0 Å². The predicted molar refractivity (Wildman–Crippen MR) is 65.8 cm³/mol. The summed E-state index contributed by atoms with van der Waals surface area (Å²) in [6.07, 6.45) is 4.46. The molecule has 1 N–H and O–H groups in total. The Balaban J connectivity index is 4.72. The summed E-state index contributed by atoms with van der Waals surface area (Å²) in [6.45, 7) is 5.63. The lowest BCUT2D eigenvalue weighted by molar-refractivity contribution is -0.180. The first kappa shape index (κ1) is 15.9. The molecular formula is C13H24O4. The molecule has 0 fully saturated rings. The molecule has 0 rings (SSSR count). The second kappa shape index (κ2) is 8.09. The number of esters is 1. The Kier molecular flexibility index (Phi) is 7.59. The first-order valence-electron chi connectivity index (χ1n) is 6.47. The fourth-order valence-electron chi connectivity index (χ4n) is 1.84. The third-order valence-electron chi connectivity index (χ3n) is 2.83. The van der Waals surface area contributed by atoms with Gasteiger partial charge in [-0.25, -0.2) is 4.79 Å². The minimum absolute atomic E-state index is 0.215. The average Bonchev–Trinajstić information content (AvgIpc) is 2.29. The topological polar surface area (TPSA) is 63.6 Å². The van der Waals surface area contributed by atoms with Crippen molar-refractivity contribution in [1.29, 1.82) is 0 Å². The van der Waals surface area contributed by atoms with Crippen molar-refractivity contribution in [1.82, 2.24) is 0 Å². The van der Waals surface area contributed by atoms with Gasteiger partial charge in [0, 0.05) is 6.42 Å². The maximum atomic E-state index is 11.4. The van der Waals surface area contributed by atoms with Gasteiger partial charge in [0.1, 0.15) is 0 Å². The third-order valence-corrected chi connectivity index (χ3v) is 2.83. The number of ether oxygens (including phenoxy) is 1. The van der Waals surface area contributed by atoms with Crippen LogP contribution >= 0.6 is 0 Å². The second-order valence-corrected chi connectivity index (χ2v) is 4.33. The molecule has 0 aliphatic rings. The van der Waals surface area contributed by atoms with E-state index in [-0.39, 0.29) is 6.42 Å². The number of rotatable bonds is 9. The van der Waals surface area contributed by atoms with Gasteiger partial charge in [-0.1, -0.05) is 40.0 Å². The summed E-state index contributed by atoms with van der Waals surface area (Å²) in [5.41, 5.74) is -1.31. The first-order valence-corrected chi connectivity index (χ1v) is 6.47. The lowest BCUT2D eigenvalue weighted by atomic mass is 9.91. The molecule has 0 spiro atoms. The Morgan fingerprint density at radius 3 is 2.12 bits per heavy atom. The molecule has 0 amide bonds. The Labute approximate surface area is 103 Å². The summed E-state index contributed by atoms with van der Waals surface area (Å²) in [6, 6.07) is 0. The number of hydrogen-bond donors (Lipinski definition) is 1. The molecule has 0 aromatic rings. The largest absolute Gasteiger partial charge is 0.478 e. The molecule has 1 atom stereocenters. The van der Waals surface area contributed by atoms with E-state index in [1.807, 2.05) is 6.92 Å². The van der Waals surface area contributed by atoms with Crippen molar-refractivity contribution in [3.63, 3.8) is 0 Å². The maximum Gasteiger partial charge on any atom is 0.348 e. The van der Waals surface area contributed by atoms with Gasteiger partial charge in [0.15, 0.2) is 0 Å². The van der Waals surface area contributed by atoms with E-state index in [0.717, 1.165) is 19.3 Å². The Morgan fingerprint density at radius 1 is 1.06 bits per heavy atom. The van der Waals surface area contributed by atoms with E-state index in [1.54, 1.807) is 6.92 Å². The standard InChI is InChI=1S/C13H24O4/c1-4-7-8-10-13(9-5-2,12(15)16)17-11(14)6-3/h4-10H2,1-3H3,(H,15,16). The lowest BCUT2D eigenvalue weighted by Gasteiger charge is -2.29. The number of aliphatic carboxylic acids is 1. The fourth-order valence-corrected chi connectivity index (χ4v) is 1.84. The Bertz CT molecular complexity index is 250. The molecule has 0 saturated carbocycles. The molecule has 0 heterocycles. The summed E-state index contributed by atoms with van der Waals surface area (Å²) >= 11 is 0. The molecule has 100 valence electrons. The average molecular weight is 244 g/mol. The van der Waals surface area contributed by atoms with Gasteiger partial charge >= 0.3 is 11.9 Å². The molecule has 0 bridgehead atoms. The predicted octanol–water partition coefficient (Wildman–Crippen LogP) is 3.14. The van der Waals surface area contributed by atoms with E-state index >= 15 is 0 Å². The highest BCUT2D eigenvalue weighted by atomic mass is 16.6. The highest BCUT2D eigenvalue weighted by Gasteiger charge is 2.40. The van der Waals surface area contributed by atoms with E-state index in [2.05, 4.69) is 6.92 Å². The molecule has 0 aliphatic carbocycles. The molecule has 4 heteroatoms. The van der Waals surface area contributed by atoms with Crippen LogP contribution < -0.4 is 0 Å². The summed E-state index contributed by atoms with van der Waals surface area (Å²) in [5, 5.41) is 9.32. The van der Waals surface area contributed by atoms with E-state index in [9.17, 15) is 14.7 Å². The van der Waals surface area contributed by atoms with Crippen LogP contribution in [0.4, 0.5) is 0 Å². The van der Waals surface area contributed by atoms with Gasteiger partial charge in [0.05, 0.1) is 0 Å². The Hall–Kier alpha value is -1.06.